The molecule has 5 aromatic carbocycles. The summed E-state index contributed by atoms with van der Waals surface area (Å²) in [5.41, 5.74) is 11.2. The molecule has 0 saturated carbocycles. The first-order valence-corrected chi connectivity index (χ1v) is 11.5. The first-order chi connectivity index (χ1) is 16.2. The lowest BCUT2D eigenvalue weighted by Gasteiger charge is -2.28. The van der Waals surface area contributed by atoms with E-state index < -0.39 is 0 Å². The average Bonchev–Trinajstić information content (AvgIpc) is 3.15. The van der Waals surface area contributed by atoms with Gasteiger partial charge in [-0.25, -0.2) is 0 Å². The van der Waals surface area contributed by atoms with E-state index in [9.17, 15) is 0 Å². The van der Waals surface area contributed by atoms with Crippen LogP contribution in [0.3, 0.4) is 0 Å². The van der Waals surface area contributed by atoms with E-state index in [-0.39, 0.29) is 5.41 Å². The zero-order valence-electron chi connectivity index (χ0n) is 18.6. The molecule has 1 heteroatoms. The van der Waals surface area contributed by atoms with Crippen LogP contribution >= 0.6 is 0 Å². The van der Waals surface area contributed by atoms with Crippen molar-refractivity contribution in [3.05, 3.63) is 144 Å². The molecule has 0 bridgehead atoms. The second-order valence-corrected chi connectivity index (χ2v) is 8.86. The summed E-state index contributed by atoms with van der Waals surface area (Å²) in [6.45, 7) is 2.35. The molecule has 0 fully saturated rings. The smallest absolute Gasteiger partial charge is 0.0435 e. The molecule has 1 aliphatic rings. The van der Waals surface area contributed by atoms with Crippen LogP contribution in [0.1, 0.15) is 23.6 Å². The summed E-state index contributed by atoms with van der Waals surface area (Å²) in [6, 6.07) is 45.6. The molecule has 0 spiro atoms. The number of benzene rings is 5. The van der Waals surface area contributed by atoms with E-state index in [2.05, 4.69) is 134 Å². The van der Waals surface area contributed by atoms with Gasteiger partial charge in [-0.05, 0) is 70.1 Å². The van der Waals surface area contributed by atoms with Gasteiger partial charge in [0.2, 0.25) is 0 Å². The topological polar surface area (TPSA) is 12.0 Å². The summed E-state index contributed by atoms with van der Waals surface area (Å²) in [6.07, 6.45) is 0. The molecule has 158 valence electrons. The van der Waals surface area contributed by atoms with Crippen molar-refractivity contribution in [1.82, 2.24) is 0 Å². The molecule has 1 N–H and O–H groups in total. The van der Waals surface area contributed by atoms with E-state index in [1.165, 1.54) is 38.9 Å². The van der Waals surface area contributed by atoms with Gasteiger partial charge in [-0.15, -0.1) is 0 Å². The predicted octanol–water partition coefficient (Wildman–Crippen LogP) is 8.43. The van der Waals surface area contributed by atoms with Crippen LogP contribution in [0, 0.1) is 0 Å². The van der Waals surface area contributed by atoms with Crippen molar-refractivity contribution in [2.24, 2.45) is 0 Å². The Hall–Kier alpha value is -4.10. The van der Waals surface area contributed by atoms with E-state index in [4.69, 9.17) is 0 Å². The van der Waals surface area contributed by atoms with Gasteiger partial charge in [0.1, 0.15) is 0 Å². The van der Waals surface area contributed by atoms with Crippen molar-refractivity contribution in [2.75, 3.05) is 5.32 Å². The molecule has 0 unspecified atom stereocenters. The Morgan fingerprint density at radius 1 is 0.455 bits per heavy atom. The lowest BCUT2D eigenvalue weighted by Crippen LogP contribution is -2.22. The van der Waals surface area contributed by atoms with Gasteiger partial charge in [0.25, 0.3) is 0 Å². The minimum absolute atomic E-state index is 0.150. The maximum Gasteiger partial charge on any atom is 0.0435 e. The second kappa shape index (κ2) is 7.79. The number of nitrogens with one attached hydrogen (secondary N) is 1. The molecule has 0 amide bonds. The standard InChI is InChI=1S/C32H25N/c1-32(30-13-7-5-11-28(30)29-12-6-8-14-31(29)32)25-17-21-27(22-18-25)33-26-19-15-24(16-20-26)23-9-3-2-4-10-23/h2-22,33H,1H3. The third-order valence-electron chi connectivity index (χ3n) is 6.96. The van der Waals surface area contributed by atoms with Crippen molar-refractivity contribution in [3.8, 4) is 22.3 Å². The number of hydrogen-bond acceptors (Lipinski definition) is 1. The molecule has 1 aliphatic carbocycles. The molecule has 5 aromatic rings. The van der Waals surface area contributed by atoms with Crippen LogP contribution in [-0.2, 0) is 5.41 Å². The summed E-state index contributed by atoms with van der Waals surface area (Å²) in [5, 5.41) is 3.55. The predicted molar refractivity (Wildman–Crippen MR) is 139 cm³/mol. The Kier molecular flexibility index (Phi) is 4.62. The van der Waals surface area contributed by atoms with E-state index >= 15 is 0 Å². The summed E-state index contributed by atoms with van der Waals surface area (Å²) in [4.78, 5) is 0. The fraction of sp³-hybridized carbons (Fsp3) is 0.0625. The van der Waals surface area contributed by atoms with E-state index in [1.807, 2.05) is 6.07 Å². The van der Waals surface area contributed by atoms with Crippen LogP contribution in [0.25, 0.3) is 22.3 Å². The fourth-order valence-electron chi connectivity index (χ4n) is 5.19. The molecule has 0 aliphatic heterocycles. The lowest BCUT2D eigenvalue weighted by atomic mass is 9.74. The Balaban J connectivity index is 1.29. The lowest BCUT2D eigenvalue weighted by molar-refractivity contribution is 0.714. The maximum atomic E-state index is 3.55. The molecule has 0 heterocycles. The molecule has 0 radical (unpaired) electrons. The molecular formula is C32H25N. The number of rotatable bonds is 4. The van der Waals surface area contributed by atoms with Crippen LogP contribution in [0.15, 0.2) is 127 Å². The van der Waals surface area contributed by atoms with Crippen molar-refractivity contribution in [1.29, 1.82) is 0 Å². The number of anilines is 2. The van der Waals surface area contributed by atoms with Crippen LogP contribution < -0.4 is 5.32 Å². The highest BCUT2D eigenvalue weighted by Gasteiger charge is 2.40. The number of fused-ring (bicyclic) bond motifs is 3. The van der Waals surface area contributed by atoms with E-state index in [0.29, 0.717) is 0 Å². The van der Waals surface area contributed by atoms with Gasteiger partial charge in [0.15, 0.2) is 0 Å². The first-order valence-electron chi connectivity index (χ1n) is 11.5. The highest BCUT2D eigenvalue weighted by Crippen LogP contribution is 2.52. The quantitative estimate of drug-likeness (QED) is 0.306. The minimum Gasteiger partial charge on any atom is -0.356 e. The Bertz CT molecular complexity index is 1370. The summed E-state index contributed by atoms with van der Waals surface area (Å²) < 4.78 is 0. The third-order valence-corrected chi connectivity index (χ3v) is 6.96. The van der Waals surface area contributed by atoms with Gasteiger partial charge in [-0.3, -0.25) is 0 Å². The van der Waals surface area contributed by atoms with Crippen molar-refractivity contribution in [3.63, 3.8) is 0 Å². The van der Waals surface area contributed by atoms with E-state index in [1.54, 1.807) is 0 Å². The van der Waals surface area contributed by atoms with E-state index in [0.717, 1.165) is 11.4 Å². The van der Waals surface area contributed by atoms with Gasteiger partial charge in [0.05, 0.1) is 0 Å². The number of hydrogen-bond donors (Lipinski definition) is 1. The van der Waals surface area contributed by atoms with Crippen LogP contribution in [0.4, 0.5) is 11.4 Å². The van der Waals surface area contributed by atoms with Crippen LogP contribution in [0.5, 0.6) is 0 Å². The van der Waals surface area contributed by atoms with Gasteiger partial charge >= 0.3 is 0 Å². The largest absolute Gasteiger partial charge is 0.356 e. The fourth-order valence-corrected chi connectivity index (χ4v) is 5.19. The highest BCUT2D eigenvalue weighted by molar-refractivity contribution is 5.83. The molecule has 0 saturated heterocycles. The summed E-state index contributed by atoms with van der Waals surface area (Å²) in [7, 11) is 0. The third kappa shape index (κ3) is 3.25. The SMILES string of the molecule is CC1(c2ccc(Nc3ccc(-c4ccccc4)cc3)cc2)c2ccccc2-c2ccccc21. The molecule has 1 nitrogen and oxygen atoms in total. The normalized spacial score (nSPS) is 13.2. The van der Waals surface area contributed by atoms with Crippen LogP contribution in [-0.4, -0.2) is 0 Å². The Morgan fingerprint density at radius 2 is 0.909 bits per heavy atom. The van der Waals surface area contributed by atoms with Gasteiger partial charge < -0.3 is 5.32 Å². The molecule has 33 heavy (non-hydrogen) atoms. The van der Waals surface area contributed by atoms with Crippen molar-refractivity contribution < 1.29 is 0 Å². The van der Waals surface area contributed by atoms with Crippen LogP contribution in [0.2, 0.25) is 0 Å². The zero-order valence-corrected chi connectivity index (χ0v) is 18.6. The Labute approximate surface area is 195 Å². The van der Waals surface area contributed by atoms with Crippen molar-refractivity contribution >= 4 is 11.4 Å². The molecular weight excluding hydrogens is 398 g/mol. The summed E-state index contributed by atoms with van der Waals surface area (Å²) in [5.74, 6) is 0. The highest BCUT2D eigenvalue weighted by atomic mass is 14.9. The maximum absolute atomic E-state index is 3.55. The molecule has 0 aromatic heterocycles. The molecule has 0 atom stereocenters. The first kappa shape index (κ1) is 19.6. The monoisotopic (exact) mass is 423 g/mol. The van der Waals surface area contributed by atoms with Crippen molar-refractivity contribution in [2.45, 2.75) is 12.3 Å². The Morgan fingerprint density at radius 3 is 1.48 bits per heavy atom. The van der Waals surface area contributed by atoms with Gasteiger partial charge in [-0.2, -0.15) is 0 Å². The molecule has 6 rings (SSSR count). The van der Waals surface area contributed by atoms with Gasteiger partial charge in [-0.1, -0.05) is 103 Å². The minimum atomic E-state index is -0.150. The summed E-state index contributed by atoms with van der Waals surface area (Å²) >= 11 is 0. The zero-order chi connectivity index (χ0) is 22.3. The van der Waals surface area contributed by atoms with Gasteiger partial charge in [0, 0.05) is 16.8 Å². The average molecular weight is 424 g/mol. The second-order valence-electron chi connectivity index (χ2n) is 8.86.